The molecule has 2 nitrogen and oxygen atoms in total. The molecular weight excluding hydrogens is 821 g/mol. The zero-order chi connectivity index (χ0) is 24.8. The van der Waals surface area contributed by atoms with Gasteiger partial charge in [0.05, 0.1) is 0 Å². The number of aromatic nitrogens is 2. The molecule has 0 bridgehead atoms. The van der Waals surface area contributed by atoms with Crippen molar-refractivity contribution >= 4 is 10.8 Å². The van der Waals surface area contributed by atoms with Crippen molar-refractivity contribution in [1.82, 2.24) is 9.97 Å². The minimum atomic E-state index is 0. The number of pyridine rings is 2. The summed E-state index contributed by atoms with van der Waals surface area (Å²) in [6.07, 6.45) is 13.0. The molecule has 0 amide bonds. The summed E-state index contributed by atoms with van der Waals surface area (Å²) in [5.41, 5.74) is 5.51. The molecule has 0 N–H and O–H groups in total. The first-order chi connectivity index (χ1) is 17.8. The Morgan fingerprint density at radius 1 is 0.632 bits per heavy atom. The smallest absolute Gasteiger partial charge is 0.0167 e. The van der Waals surface area contributed by atoms with Crippen molar-refractivity contribution in [3.63, 3.8) is 0 Å². The summed E-state index contributed by atoms with van der Waals surface area (Å²) in [7, 11) is 0. The van der Waals surface area contributed by atoms with Crippen LogP contribution in [0.2, 0.25) is 0 Å². The summed E-state index contributed by atoms with van der Waals surface area (Å²) < 4.78 is 0. The van der Waals surface area contributed by atoms with Gasteiger partial charge in [-0.05, 0) is 34.3 Å². The van der Waals surface area contributed by atoms with Crippen LogP contribution in [-0.2, 0) is 46.6 Å². The average molecular weight is 855 g/mol. The molecule has 0 aliphatic rings. The van der Waals surface area contributed by atoms with Gasteiger partial charge in [-0.3, -0.25) is 0 Å². The number of nitrogens with zero attached hydrogens (tertiary/aromatic N) is 2. The molecule has 0 spiro atoms. The Morgan fingerprint density at radius 2 is 1.42 bits per heavy atom. The predicted molar refractivity (Wildman–Crippen MR) is 152 cm³/mol. The zero-order valence-electron chi connectivity index (χ0n) is 21.8. The average Bonchev–Trinajstić information content (AvgIpc) is 2.96. The van der Waals surface area contributed by atoms with Crippen molar-refractivity contribution < 1.29 is 40.2 Å². The Hall–Kier alpha value is -2.48. The summed E-state index contributed by atoms with van der Waals surface area (Å²) in [6.45, 7) is 2.26. The Morgan fingerprint density at radius 3 is 2.16 bits per heavy atom. The molecular formula is C34H34Ir2N2-2. The largest absolute Gasteiger partial charge is 0.305 e. The van der Waals surface area contributed by atoms with Crippen LogP contribution >= 0.6 is 0 Å². The Bertz CT molecular complexity index is 1300. The van der Waals surface area contributed by atoms with Gasteiger partial charge in [0.2, 0.25) is 0 Å². The second-order valence-electron chi connectivity index (χ2n) is 9.00. The maximum absolute atomic E-state index is 4.45. The minimum absolute atomic E-state index is 0. The van der Waals surface area contributed by atoms with Crippen molar-refractivity contribution in [3.05, 3.63) is 121 Å². The summed E-state index contributed by atoms with van der Waals surface area (Å²) in [5, 5.41) is 2.39. The Kier molecular flexibility index (Phi) is 15.0. The fourth-order valence-electron chi connectivity index (χ4n) is 4.28. The first-order valence-corrected chi connectivity index (χ1v) is 13.1. The molecule has 2 aromatic heterocycles. The van der Waals surface area contributed by atoms with Crippen LogP contribution in [0.3, 0.4) is 0 Å². The number of aryl methyl sites for hydroxylation is 1. The summed E-state index contributed by atoms with van der Waals surface area (Å²) >= 11 is 0. The van der Waals surface area contributed by atoms with Crippen molar-refractivity contribution in [2.75, 3.05) is 0 Å². The van der Waals surface area contributed by atoms with E-state index in [9.17, 15) is 0 Å². The number of unbranched alkanes of at least 4 members (excludes halogenated alkanes) is 5. The van der Waals surface area contributed by atoms with Gasteiger partial charge in [0.15, 0.2) is 0 Å². The number of hydrogen-bond donors (Lipinski definition) is 0. The SMILES string of the molecule is CCCCCCCCc1c[c-]c(-c2ccccn2)cc1.[Ir].[Ir].[c-]1ccccc1-c1nccc2ccccc12. The van der Waals surface area contributed by atoms with Gasteiger partial charge in [-0.2, -0.15) is 0 Å². The molecule has 5 rings (SSSR count). The molecule has 2 radical (unpaired) electrons. The van der Waals surface area contributed by atoms with E-state index in [1.54, 1.807) is 0 Å². The fourth-order valence-corrected chi connectivity index (χ4v) is 4.28. The monoisotopic (exact) mass is 856 g/mol. The van der Waals surface area contributed by atoms with Crippen LogP contribution in [0.5, 0.6) is 0 Å². The van der Waals surface area contributed by atoms with E-state index in [0.29, 0.717) is 0 Å². The van der Waals surface area contributed by atoms with E-state index < -0.39 is 0 Å². The molecule has 5 aromatic rings. The van der Waals surface area contributed by atoms with Crippen molar-refractivity contribution in [1.29, 1.82) is 0 Å². The van der Waals surface area contributed by atoms with Crippen LogP contribution in [0, 0.1) is 12.1 Å². The van der Waals surface area contributed by atoms with Crippen molar-refractivity contribution in [2.24, 2.45) is 0 Å². The van der Waals surface area contributed by atoms with Gasteiger partial charge >= 0.3 is 0 Å². The van der Waals surface area contributed by atoms with Crippen molar-refractivity contribution in [3.8, 4) is 22.5 Å². The maximum atomic E-state index is 4.45. The van der Waals surface area contributed by atoms with Crippen LogP contribution in [-0.4, -0.2) is 9.97 Å². The first kappa shape index (κ1) is 31.7. The third kappa shape index (κ3) is 9.68. The van der Waals surface area contributed by atoms with E-state index in [1.165, 1.54) is 61.3 Å². The number of rotatable bonds is 9. The first-order valence-electron chi connectivity index (χ1n) is 13.1. The molecule has 0 saturated heterocycles. The van der Waals surface area contributed by atoms with E-state index in [1.807, 2.05) is 73.1 Å². The fraction of sp³-hybridized carbons (Fsp3) is 0.235. The van der Waals surface area contributed by atoms with E-state index in [-0.39, 0.29) is 40.2 Å². The van der Waals surface area contributed by atoms with Gasteiger partial charge in [-0.15, -0.1) is 71.3 Å². The molecule has 0 aliphatic carbocycles. The van der Waals surface area contributed by atoms with E-state index >= 15 is 0 Å². The van der Waals surface area contributed by atoms with Gasteiger partial charge < -0.3 is 9.97 Å². The molecule has 38 heavy (non-hydrogen) atoms. The van der Waals surface area contributed by atoms with Gasteiger partial charge in [0.25, 0.3) is 0 Å². The zero-order valence-corrected chi connectivity index (χ0v) is 26.6. The summed E-state index contributed by atoms with van der Waals surface area (Å²) in [6, 6.07) is 37.3. The van der Waals surface area contributed by atoms with Crippen LogP contribution < -0.4 is 0 Å². The summed E-state index contributed by atoms with van der Waals surface area (Å²) in [5.74, 6) is 0. The van der Waals surface area contributed by atoms with Crippen LogP contribution in [0.25, 0.3) is 33.3 Å². The Labute approximate surface area is 255 Å². The number of benzene rings is 3. The molecule has 200 valence electrons. The maximum Gasteiger partial charge on any atom is 0.0167 e. The van der Waals surface area contributed by atoms with Crippen LogP contribution in [0.15, 0.2) is 103 Å². The molecule has 0 aliphatic heterocycles. The second kappa shape index (κ2) is 17.9. The molecule has 4 heteroatoms. The topological polar surface area (TPSA) is 25.8 Å². The molecule has 3 aromatic carbocycles. The van der Waals surface area contributed by atoms with Crippen molar-refractivity contribution in [2.45, 2.75) is 51.9 Å². The third-order valence-corrected chi connectivity index (χ3v) is 6.27. The number of fused-ring (bicyclic) bond motifs is 1. The molecule has 0 saturated carbocycles. The summed E-state index contributed by atoms with van der Waals surface area (Å²) in [4.78, 5) is 8.80. The number of hydrogen-bond acceptors (Lipinski definition) is 2. The van der Waals surface area contributed by atoms with E-state index in [2.05, 4.69) is 59.4 Å². The van der Waals surface area contributed by atoms with Gasteiger partial charge in [0, 0.05) is 52.6 Å². The van der Waals surface area contributed by atoms with Gasteiger partial charge in [-0.25, -0.2) is 0 Å². The molecule has 0 fully saturated rings. The van der Waals surface area contributed by atoms with Gasteiger partial charge in [0.1, 0.15) is 0 Å². The minimum Gasteiger partial charge on any atom is -0.305 e. The normalized spacial score (nSPS) is 10.0. The predicted octanol–water partition coefficient (Wildman–Crippen LogP) is 9.15. The molecule has 0 unspecified atom stereocenters. The quantitative estimate of drug-likeness (QED) is 0.109. The standard InChI is InChI=1S/C19H24N.C15H10N.2Ir/c1-2-3-4-5-6-7-10-17-12-14-18(15-13-17)19-11-8-9-16-20-19;1-2-7-13(8-3-1)15-14-9-5-4-6-12(14)10-11-16-15;;/h8-9,11-14,16H,2-7,10H2,1H3;1-7,9-11H;;/q2*-1;;. The van der Waals surface area contributed by atoms with E-state index in [4.69, 9.17) is 0 Å². The van der Waals surface area contributed by atoms with Crippen LogP contribution in [0.1, 0.15) is 51.0 Å². The van der Waals surface area contributed by atoms with Gasteiger partial charge in [-0.1, -0.05) is 88.3 Å². The van der Waals surface area contributed by atoms with E-state index in [0.717, 1.165) is 22.5 Å². The molecule has 0 atom stereocenters. The second-order valence-corrected chi connectivity index (χ2v) is 9.00. The Balaban J connectivity index is 0.000000258. The molecule has 2 heterocycles. The van der Waals surface area contributed by atoms with Crippen LogP contribution in [0.4, 0.5) is 0 Å². The third-order valence-electron chi connectivity index (χ3n) is 6.27.